The molecular formula is C20H41N5O2. The number of hydrogen-bond donors (Lipinski definition) is 2. The van der Waals surface area contributed by atoms with Gasteiger partial charge in [0.15, 0.2) is 5.96 Å². The fourth-order valence-electron chi connectivity index (χ4n) is 3.96. The molecular weight excluding hydrogens is 342 g/mol. The van der Waals surface area contributed by atoms with Crippen molar-refractivity contribution in [1.82, 2.24) is 20.4 Å². The quantitative estimate of drug-likeness (QED) is 0.482. The fourth-order valence-corrected chi connectivity index (χ4v) is 3.96. The number of guanidine groups is 1. The Morgan fingerprint density at radius 2 is 1.78 bits per heavy atom. The van der Waals surface area contributed by atoms with Crippen LogP contribution in [0.25, 0.3) is 0 Å². The van der Waals surface area contributed by atoms with Gasteiger partial charge in [0.05, 0.1) is 33.0 Å². The van der Waals surface area contributed by atoms with E-state index in [1.807, 2.05) is 0 Å². The summed E-state index contributed by atoms with van der Waals surface area (Å²) in [6.45, 7) is 20.1. The lowest BCUT2D eigenvalue weighted by atomic mass is 10.0. The molecule has 0 radical (unpaired) electrons. The van der Waals surface area contributed by atoms with E-state index < -0.39 is 0 Å². The van der Waals surface area contributed by atoms with Crippen molar-refractivity contribution in [3.63, 3.8) is 0 Å². The molecule has 2 N–H and O–H groups in total. The molecule has 3 unspecified atom stereocenters. The van der Waals surface area contributed by atoms with Gasteiger partial charge in [0.2, 0.25) is 0 Å². The molecule has 2 heterocycles. The number of hydrogen-bond acceptors (Lipinski definition) is 5. The smallest absolute Gasteiger partial charge is 0.191 e. The van der Waals surface area contributed by atoms with Gasteiger partial charge in [-0.25, -0.2) is 0 Å². The molecule has 0 spiro atoms. The normalized spacial score (nSPS) is 25.4. The molecule has 27 heavy (non-hydrogen) atoms. The molecule has 0 aromatic rings. The van der Waals surface area contributed by atoms with E-state index >= 15 is 0 Å². The van der Waals surface area contributed by atoms with Crippen molar-refractivity contribution in [3.8, 4) is 0 Å². The second kappa shape index (κ2) is 11.8. The van der Waals surface area contributed by atoms with Crippen LogP contribution in [0.3, 0.4) is 0 Å². The van der Waals surface area contributed by atoms with Crippen molar-refractivity contribution < 1.29 is 9.47 Å². The summed E-state index contributed by atoms with van der Waals surface area (Å²) in [6, 6.07) is 1.38. The van der Waals surface area contributed by atoms with E-state index in [0.717, 1.165) is 71.7 Å². The van der Waals surface area contributed by atoms with Crippen LogP contribution in [-0.4, -0.2) is 99.6 Å². The SMILES string of the molecule is CCNC(=NCC(C)N1CCOCC1C)NCC(C(C)C)N1CCOCC1. The Kier molecular flexibility index (Phi) is 9.82. The molecule has 0 aromatic heterocycles. The van der Waals surface area contributed by atoms with Gasteiger partial charge in [-0.15, -0.1) is 0 Å². The summed E-state index contributed by atoms with van der Waals surface area (Å²) in [7, 11) is 0. The first kappa shape index (κ1) is 22.4. The number of aliphatic imine (C=N–C) groups is 1. The summed E-state index contributed by atoms with van der Waals surface area (Å²) in [5.74, 6) is 1.51. The third-order valence-electron chi connectivity index (χ3n) is 5.61. The summed E-state index contributed by atoms with van der Waals surface area (Å²) in [5, 5.41) is 6.98. The molecule has 2 fully saturated rings. The van der Waals surface area contributed by atoms with Crippen LogP contribution in [0.4, 0.5) is 0 Å². The Morgan fingerprint density at radius 1 is 1.07 bits per heavy atom. The summed E-state index contributed by atoms with van der Waals surface area (Å²) >= 11 is 0. The zero-order chi connectivity index (χ0) is 19.6. The van der Waals surface area contributed by atoms with Gasteiger partial charge in [-0.2, -0.15) is 0 Å². The van der Waals surface area contributed by atoms with Crippen molar-refractivity contribution >= 4 is 5.96 Å². The Morgan fingerprint density at radius 3 is 2.41 bits per heavy atom. The van der Waals surface area contributed by atoms with E-state index in [1.54, 1.807) is 0 Å². The van der Waals surface area contributed by atoms with E-state index in [2.05, 4.69) is 55.1 Å². The van der Waals surface area contributed by atoms with Crippen LogP contribution in [-0.2, 0) is 9.47 Å². The number of ether oxygens (including phenoxy) is 2. The second-order valence-electron chi connectivity index (χ2n) is 8.07. The van der Waals surface area contributed by atoms with E-state index in [1.165, 1.54) is 0 Å². The Bertz CT molecular complexity index is 440. The molecule has 0 saturated carbocycles. The predicted octanol–water partition coefficient (Wildman–Crippen LogP) is 1.01. The average molecular weight is 384 g/mol. The molecule has 0 aliphatic carbocycles. The molecule has 7 nitrogen and oxygen atoms in total. The largest absolute Gasteiger partial charge is 0.379 e. The van der Waals surface area contributed by atoms with Gasteiger partial charge in [0.1, 0.15) is 0 Å². The minimum atomic E-state index is 0.416. The monoisotopic (exact) mass is 383 g/mol. The predicted molar refractivity (Wildman–Crippen MR) is 111 cm³/mol. The zero-order valence-corrected chi connectivity index (χ0v) is 18.0. The maximum atomic E-state index is 5.56. The second-order valence-corrected chi connectivity index (χ2v) is 8.07. The number of nitrogens with one attached hydrogen (secondary N) is 2. The topological polar surface area (TPSA) is 61.4 Å². The molecule has 2 aliphatic heterocycles. The Hall–Kier alpha value is -0.890. The molecule has 158 valence electrons. The third-order valence-corrected chi connectivity index (χ3v) is 5.61. The van der Waals surface area contributed by atoms with Crippen molar-refractivity contribution in [2.24, 2.45) is 10.9 Å². The first-order chi connectivity index (χ1) is 13.0. The van der Waals surface area contributed by atoms with Crippen LogP contribution in [0.15, 0.2) is 4.99 Å². The highest BCUT2D eigenvalue weighted by molar-refractivity contribution is 5.79. The fraction of sp³-hybridized carbons (Fsp3) is 0.950. The van der Waals surface area contributed by atoms with E-state index in [9.17, 15) is 0 Å². The lowest BCUT2D eigenvalue weighted by Crippen LogP contribution is -2.53. The third kappa shape index (κ3) is 7.22. The van der Waals surface area contributed by atoms with E-state index in [4.69, 9.17) is 14.5 Å². The highest BCUT2D eigenvalue weighted by Gasteiger charge is 2.25. The lowest BCUT2D eigenvalue weighted by molar-refractivity contribution is -0.0166. The minimum Gasteiger partial charge on any atom is -0.379 e. The van der Waals surface area contributed by atoms with Crippen molar-refractivity contribution in [2.75, 3.05) is 65.7 Å². The maximum Gasteiger partial charge on any atom is 0.191 e. The van der Waals surface area contributed by atoms with Crippen molar-refractivity contribution in [2.45, 2.75) is 52.7 Å². The standard InChI is InChI=1S/C20H41N5O2/c1-6-21-20(22-13-17(4)25-9-12-27-15-18(25)5)23-14-19(16(2)3)24-7-10-26-11-8-24/h16-19H,6-15H2,1-5H3,(H2,21,22,23). The van der Waals surface area contributed by atoms with Crippen molar-refractivity contribution in [1.29, 1.82) is 0 Å². The van der Waals surface area contributed by atoms with Gasteiger partial charge in [0.25, 0.3) is 0 Å². The van der Waals surface area contributed by atoms with Crippen LogP contribution in [0, 0.1) is 5.92 Å². The maximum absolute atomic E-state index is 5.56. The molecule has 2 saturated heterocycles. The molecule has 7 heteroatoms. The minimum absolute atomic E-state index is 0.416. The highest BCUT2D eigenvalue weighted by atomic mass is 16.5. The highest BCUT2D eigenvalue weighted by Crippen LogP contribution is 2.13. The van der Waals surface area contributed by atoms with Crippen LogP contribution >= 0.6 is 0 Å². The van der Waals surface area contributed by atoms with Gasteiger partial charge in [-0.1, -0.05) is 13.8 Å². The number of rotatable bonds is 8. The lowest BCUT2D eigenvalue weighted by Gasteiger charge is -2.38. The first-order valence-electron chi connectivity index (χ1n) is 10.7. The molecule has 2 rings (SSSR count). The summed E-state index contributed by atoms with van der Waals surface area (Å²) in [6.07, 6.45) is 0. The molecule has 2 aliphatic rings. The number of nitrogens with zero attached hydrogens (tertiary/aromatic N) is 3. The Balaban J connectivity index is 1.89. The van der Waals surface area contributed by atoms with Crippen LogP contribution in [0.1, 0.15) is 34.6 Å². The van der Waals surface area contributed by atoms with Gasteiger partial charge in [0, 0.05) is 50.8 Å². The van der Waals surface area contributed by atoms with Crippen LogP contribution in [0.5, 0.6) is 0 Å². The van der Waals surface area contributed by atoms with Gasteiger partial charge >= 0.3 is 0 Å². The van der Waals surface area contributed by atoms with E-state index in [-0.39, 0.29) is 0 Å². The zero-order valence-electron chi connectivity index (χ0n) is 18.0. The Labute approximate surface area is 165 Å². The van der Waals surface area contributed by atoms with Crippen molar-refractivity contribution in [3.05, 3.63) is 0 Å². The molecule has 3 atom stereocenters. The molecule has 0 amide bonds. The van der Waals surface area contributed by atoms with Gasteiger partial charge < -0.3 is 20.1 Å². The first-order valence-corrected chi connectivity index (χ1v) is 10.7. The van der Waals surface area contributed by atoms with Crippen LogP contribution < -0.4 is 10.6 Å². The van der Waals surface area contributed by atoms with Crippen LogP contribution in [0.2, 0.25) is 0 Å². The molecule has 0 aromatic carbocycles. The van der Waals surface area contributed by atoms with Gasteiger partial charge in [-0.3, -0.25) is 14.8 Å². The summed E-state index contributed by atoms with van der Waals surface area (Å²) < 4.78 is 11.1. The number of morpholine rings is 2. The average Bonchev–Trinajstić information content (AvgIpc) is 2.67. The van der Waals surface area contributed by atoms with E-state index in [0.29, 0.717) is 24.0 Å². The van der Waals surface area contributed by atoms with Gasteiger partial charge in [-0.05, 0) is 26.7 Å². The molecule has 0 bridgehead atoms. The summed E-state index contributed by atoms with van der Waals surface area (Å²) in [5.41, 5.74) is 0. The summed E-state index contributed by atoms with van der Waals surface area (Å²) in [4.78, 5) is 9.91.